The predicted octanol–water partition coefficient (Wildman–Crippen LogP) is 4.20. The van der Waals surface area contributed by atoms with Crippen LogP contribution >= 0.6 is 11.6 Å². The van der Waals surface area contributed by atoms with Gasteiger partial charge in [0.25, 0.3) is 5.69 Å². The number of benzene rings is 2. The summed E-state index contributed by atoms with van der Waals surface area (Å²) in [6.45, 7) is 0. The van der Waals surface area contributed by atoms with Gasteiger partial charge in [0.1, 0.15) is 11.3 Å². The molecule has 0 spiro atoms. The van der Waals surface area contributed by atoms with Crippen molar-refractivity contribution in [2.75, 3.05) is 0 Å². The number of nitro groups is 1. The Morgan fingerprint density at radius 2 is 2.10 bits per heavy atom. The smallest absolute Gasteiger partial charge is 0.271 e. The molecule has 100 valence electrons. The summed E-state index contributed by atoms with van der Waals surface area (Å²) in [6, 6.07) is 8.18. The molecule has 5 nitrogen and oxygen atoms in total. The van der Waals surface area contributed by atoms with Crippen molar-refractivity contribution >= 4 is 28.4 Å². The van der Waals surface area contributed by atoms with E-state index >= 15 is 0 Å². The van der Waals surface area contributed by atoms with Gasteiger partial charge in [-0.25, -0.2) is 9.37 Å². The lowest BCUT2D eigenvalue weighted by Crippen LogP contribution is -1.87. The maximum Gasteiger partial charge on any atom is 0.271 e. The highest BCUT2D eigenvalue weighted by atomic mass is 35.5. The molecule has 3 aromatic rings. The van der Waals surface area contributed by atoms with E-state index < -0.39 is 10.7 Å². The summed E-state index contributed by atoms with van der Waals surface area (Å²) in [4.78, 5) is 14.2. The number of fused-ring (bicyclic) bond motifs is 1. The average molecular weight is 293 g/mol. The van der Waals surface area contributed by atoms with Crippen LogP contribution in [0.4, 0.5) is 10.1 Å². The zero-order chi connectivity index (χ0) is 14.3. The fourth-order valence-electron chi connectivity index (χ4n) is 1.84. The summed E-state index contributed by atoms with van der Waals surface area (Å²) >= 11 is 5.93. The number of rotatable bonds is 2. The summed E-state index contributed by atoms with van der Waals surface area (Å²) in [5.74, 6) is -0.581. The molecule has 3 rings (SSSR count). The van der Waals surface area contributed by atoms with Gasteiger partial charge >= 0.3 is 0 Å². The molecule has 20 heavy (non-hydrogen) atoms. The second-order valence-corrected chi connectivity index (χ2v) is 4.43. The highest BCUT2D eigenvalue weighted by Gasteiger charge is 2.17. The number of halogens is 2. The van der Waals surface area contributed by atoms with E-state index in [1.807, 2.05) is 0 Å². The first-order valence-corrected chi connectivity index (χ1v) is 5.93. The van der Waals surface area contributed by atoms with Crippen LogP contribution in [0, 0.1) is 15.9 Å². The van der Waals surface area contributed by atoms with Gasteiger partial charge in [0.2, 0.25) is 5.89 Å². The molecule has 0 atom stereocenters. The first-order chi connectivity index (χ1) is 9.56. The summed E-state index contributed by atoms with van der Waals surface area (Å²) in [6.07, 6.45) is 0. The Hall–Kier alpha value is -2.47. The van der Waals surface area contributed by atoms with E-state index in [9.17, 15) is 14.5 Å². The minimum atomic E-state index is -0.571. The molecular formula is C13H6ClFN2O3. The van der Waals surface area contributed by atoms with Gasteiger partial charge in [0, 0.05) is 12.1 Å². The van der Waals surface area contributed by atoms with Gasteiger partial charge in [0.05, 0.1) is 15.5 Å². The van der Waals surface area contributed by atoms with Crippen molar-refractivity contribution < 1.29 is 13.7 Å². The van der Waals surface area contributed by atoms with Crippen molar-refractivity contribution in [1.29, 1.82) is 0 Å². The molecule has 0 saturated carbocycles. The molecule has 0 radical (unpaired) electrons. The minimum absolute atomic E-state index is 0.0106. The maximum atomic E-state index is 13.8. The molecule has 0 unspecified atom stereocenters. The van der Waals surface area contributed by atoms with Crippen LogP contribution in [-0.4, -0.2) is 9.91 Å². The summed E-state index contributed by atoms with van der Waals surface area (Å²) < 4.78 is 19.2. The van der Waals surface area contributed by atoms with Gasteiger partial charge in [-0.2, -0.15) is 0 Å². The second-order valence-electron chi connectivity index (χ2n) is 4.02. The fourth-order valence-corrected chi connectivity index (χ4v) is 2.08. The second kappa shape index (κ2) is 4.57. The Morgan fingerprint density at radius 1 is 1.30 bits per heavy atom. The molecule has 0 amide bonds. The number of hydrogen-bond acceptors (Lipinski definition) is 4. The lowest BCUT2D eigenvalue weighted by molar-refractivity contribution is -0.384. The van der Waals surface area contributed by atoms with Crippen LogP contribution in [0.1, 0.15) is 0 Å². The molecule has 0 aliphatic carbocycles. The van der Waals surface area contributed by atoms with Crippen molar-refractivity contribution in [2.45, 2.75) is 0 Å². The molecule has 1 aromatic heterocycles. The van der Waals surface area contributed by atoms with E-state index in [-0.39, 0.29) is 27.7 Å². The fraction of sp³-hybridized carbons (Fsp3) is 0. The molecule has 7 heteroatoms. The minimum Gasteiger partial charge on any atom is -0.436 e. The molecule has 0 bridgehead atoms. The third kappa shape index (κ3) is 2.00. The van der Waals surface area contributed by atoms with E-state index in [4.69, 9.17) is 16.0 Å². The molecular weight excluding hydrogens is 287 g/mol. The largest absolute Gasteiger partial charge is 0.436 e. The SMILES string of the molecule is O=[N+]([O-])c1ccc2oc(-c3c(F)cccc3Cl)nc2c1. The van der Waals surface area contributed by atoms with Crippen LogP contribution in [0.5, 0.6) is 0 Å². The first-order valence-electron chi connectivity index (χ1n) is 5.55. The van der Waals surface area contributed by atoms with Gasteiger partial charge in [-0.15, -0.1) is 0 Å². The number of nitro benzene ring substituents is 1. The van der Waals surface area contributed by atoms with Crippen LogP contribution in [0.15, 0.2) is 40.8 Å². The molecule has 0 aliphatic heterocycles. The number of oxazole rings is 1. The summed E-state index contributed by atoms with van der Waals surface area (Å²) in [5.41, 5.74) is 0.517. The predicted molar refractivity (Wildman–Crippen MR) is 71.1 cm³/mol. The average Bonchev–Trinajstić information content (AvgIpc) is 2.80. The molecule has 0 aliphatic rings. The van der Waals surface area contributed by atoms with Gasteiger partial charge in [-0.3, -0.25) is 10.1 Å². The Morgan fingerprint density at radius 3 is 2.80 bits per heavy atom. The lowest BCUT2D eigenvalue weighted by Gasteiger charge is -1.99. The van der Waals surface area contributed by atoms with E-state index in [1.54, 1.807) is 0 Å². The first kappa shape index (κ1) is 12.6. The number of hydrogen-bond donors (Lipinski definition) is 0. The van der Waals surface area contributed by atoms with Gasteiger partial charge in [0.15, 0.2) is 5.58 Å². The monoisotopic (exact) mass is 292 g/mol. The molecule has 2 aromatic carbocycles. The molecule has 0 fully saturated rings. The topological polar surface area (TPSA) is 69.2 Å². The lowest BCUT2D eigenvalue weighted by atomic mass is 10.2. The number of aromatic nitrogens is 1. The van der Waals surface area contributed by atoms with Crippen LogP contribution in [-0.2, 0) is 0 Å². The van der Waals surface area contributed by atoms with E-state index in [1.165, 1.54) is 36.4 Å². The van der Waals surface area contributed by atoms with Crippen LogP contribution in [0.25, 0.3) is 22.6 Å². The van der Waals surface area contributed by atoms with Crippen molar-refractivity contribution in [3.05, 3.63) is 57.4 Å². The Kier molecular flexibility index (Phi) is 2.87. The molecule has 1 heterocycles. The highest BCUT2D eigenvalue weighted by Crippen LogP contribution is 2.32. The quantitative estimate of drug-likeness (QED) is 0.524. The number of nitrogens with zero attached hydrogens (tertiary/aromatic N) is 2. The van der Waals surface area contributed by atoms with Crippen molar-refractivity contribution in [3.63, 3.8) is 0 Å². The molecule has 0 N–H and O–H groups in total. The maximum absolute atomic E-state index is 13.8. The van der Waals surface area contributed by atoms with Gasteiger partial charge < -0.3 is 4.42 Å². The Balaban J connectivity index is 2.21. The van der Waals surface area contributed by atoms with Crippen LogP contribution < -0.4 is 0 Å². The van der Waals surface area contributed by atoms with E-state index in [0.717, 1.165) is 0 Å². The zero-order valence-corrected chi connectivity index (χ0v) is 10.6. The third-order valence-corrected chi connectivity index (χ3v) is 3.07. The van der Waals surface area contributed by atoms with Crippen molar-refractivity contribution in [3.8, 4) is 11.5 Å². The normalized spacial score (nSPS) is 10.9. The zero-order valence-electron chi connectivity index (χ0n) is 9.84. The summed E-state index contributed by atoms with van der Waals surface area (Å²) in [5, 5.41) is 10.9. The molecule has 0 saturated heterocycles. The van der Waals surface area contributed by atoms with E-state index in [2.05, 4.69) is 4.98 Å². The standard InChI is InChI=1S/C13H6ClFN2O3/c14-8-2-1-3-9(15)12(8)13-16-10-6-7(17(18)19)4-5-11(10)20-13/h1-6H. The van der Waals surface area contributed by atoms with Crippen molar-refractivity contribution in [2.24, 2.45) is 0 Å². The van der Waals surface area contributed by atoms with Gasteiger partial charge in [-0.05, 0) is 18.2 Å². The van der Waals surface area contributed by atoms with Crippen molar-refractivity contribution in [1.82, 2.24) is 4.98 Å². The number of non-ortho nitro benzene ring substituents is 1. The Bertz CT molecular complexity index is 811. The third-order valence-electron chi connectivity index (χ3n) is 2.76. The summed E-state index contributed by atoms with van der Waals surface area (Å²) in [7, 11) is 0. The van der Waals surface area contributed by atoms with Crippen LogP contribution in [0.3, 0.4) is 0 Å². The highest BCUT2D eigenvalue weighted by molar-refractivity contribution is 6.33. The van der Waals surface area contributed by atoms with E-state index in [0.29, 0.717) is 5.58 Å². The van der Waals surface area contributed by atoms with Gasteiger partial charge in [-0.1, -0.05) is 17.7 Å². The van der Waals surface area contributed by atoms with Crippen LogP contribution in [0.2, 0.25) is 5.02 Å². The Labute approximate surface area is 116 Å².